The molecule has 0 spiro atoms. The van der Waals surface area contributed by atoms with E-state index in [2.05, 4.69) is 10.9 Å². The second-order valence-corrected chi connectivity index (χ2v) is 2.60. The Balaban J connectivity index is 3.02. The van der Waals surface area contributed by atoms with Gasteiger partial charge in [-0.3, -0.25) is 4.79 Å². The van der Waals surface area contributed by atoms with Crippen molar-refractivity contribution in [1.29, 1.82) is 0 Å². The molecule has 50 valence electrons. The predicted molar refractivity (Wildman–Crippen MR) is 40.1 cm³/mol. The average molecular weight is 151 g/mol. The van der Waals surface area contributed by atoms with E-state index in [1.165, 1.54) is 18.3 Å². The standard InChI is InChI=1S/C7H5NOS/c1-3-6-4-10-7(8-6)5(2)9/h1,4H,2H3. The smallest absolute Gasteiger partial charge is 0.188 e. The zero-order chi connectivity index (χ0) is 7.56. The van der Waals surface area contributed by atoms with E-state index in [-0.39, 0.29) is 5.78 Å². The molecule has 0 aromatic carbocycles. The van der Waals surface area contributed by atoms with E-state index in [4.69, 9.17) is 6.42 Å². The fourth-order valence-corrected chi connectivity index (χ4v) is 1.16. The van der Waals surface area contributed by atoms with Crippen molar-refractivity contribution in [2.45, 2.75) is 6.92 Å². The highest BCUT2D eigenvalue weighted by atomic mass is 32.1. The third kappa shape index (κ3) is 1.23. The predicted octanol–water partition coefficient (Wildman–Crippen LogP) is 1.33. The Morgan fingerprint density at radius 3 is 2.90 bits per heavy atom. The minimum Gasteiger partial charge on any atom is -0.292 e. The summed E-state index contributed by atoms with van der Waals surface area (Å²) in [6.45, 7) is 1.47. The van der Waals surface area contributed by atoms with Gasteiger partial charge in [-0.05, 0) is 5.92 Å². The van der Waals surface area contributed by atoms with Crippen LogP contribution in [0.25, 0.3) is 0 Å². The molecule has 2 nitrogen and oxygen atoms in total. The molecule has 10 heavy (non-hydrogen) atoms. The third-order valence-corrected chi connectivity index (χ3v) is 1.90. The molecule has 0 aliphatic heterocycles. The highest BCUT2D eigenvalue weighted by Gasteiger charge is 2.02. The van der Waals surface area contributed by atoms with Gasteiger partial charge < -0.3 is 0 Å². The molecule has 0 aliphatic rings. The Hall–Kier alpha value is -1.14. The number of carbonyl (C=O) groups excluding carboxylic acids is 1. The summed E-state index contributed by atoms with van der Waals surface area (Å²) in [4.78, 5) is 14.5. The molecular formula is C7H5NOS. The van der Waals surface area contributed by atoms with E-state index in [9.17, 15) is 4.79 Å². The summed E-state index contributed by atoms with van der Waals surface area (Å²) in [6.07, 6.45) is 5.05. The molecule has 0 saturated heterocycles. The van der Waals surface area contributed by atoms with Gasteiger partial charge in [0.25, 0.3) is 0 Å². The number of carbonyl (C=O) groups is 1. The van der Waals surface area contributed by atoms with Gasteiger partial charge in [0.1, 0.15) is 5.69 Å². The van der Waals surface area contributed by atoms with Crippen molar-refractivity contribution in [1.82, 2.24) is 4.98 Å². The molecule has 0 radical (unpaired) electrons. The number of hydrogen-bond acceptors (Lipinski definition) is 3. The van der Waals surface area contributed by atoms with Crippen LogP contribution in [0.4, 0.5) is 0 Å². The normalized spacial score (nSPS) is 8.80. The summed E-state index contributed by atoms with van der Waals surface area (Å²) < 4.78 is 0. The molecule has 1 rings (SSSR count). The monoisotopic (exact) mass is 151 g/mol. The molecule has 0 amide bonds. The van der Waals surface area contributed by atoms with Crippen molar-refractivity contribution in [2.24, 2.45) is 0 Å². The van der Waals surface area contributed by atoms with E-state index >= 15 is 0 Å². The van der Waals surface area contributed by atoms with Crippen LogP contribution in [0.5, 0.6) is 0 Å². The Labute approximate surface area is 62.9 Å². The summed E-state index contributed by atoms with van der Waals surface area (Å²) in [7, 11) is 0. The second-order valence-electron chi connectivity index (χ2n) is 1.74. The zero-order valence-corrected chi connectivity index (χ0v) is 6.23. The van der Waals surface area contributed by atoms with Gasteiger partial charge in [0.15, 0.2) is 10.8 Å². The third-order valence-electron chi connectivity index (χ3n) is 0.953. The van der Waals surface area contributed by atoms with Gasteiger partial charge >= 0.3 is 0 Å². The molecule has 0 bridgehead atoms. The minimum absolute atomic E-state index is 0.0356. The Kier molecular flexibility index (Phi) is 1.83. The van der Waals surface area contributed by atoms with Gasteiger partial charge in [0, 0.05) is 12.3 Å². The highest BCUT2D eigenvalue weighted by molar-refractivity contribution is 7.11. The maximum absolute atomic E-state index is 10.7. The summed E-state index contributed by atoms with van der Waals surface area (Å²) in [5.41, 5.74) is 0.537. The van der Waals surface area contributed by atoms with Crippen molar-refractivity contribution in [3.05, 3.63) is 16.1 Å². The van der Waals surface area contributed by atoms with Crippen LogP contribution in [0.1, 0.15) is 22.4 Å². The quantitative estimate of drug-likeness (QED) is 0.447. The average Bonchev–Trinajstić information content (AvgIpc) is 2.34. The summed E-state index contributed by atoms with van der Waals surface area (Å²) in [5, 5.41) is 2.17. The van der Waals surface area contributed by atoms with E-state index in [1.807, 2.05) is 0 Å². The van der Waals surface area contributed by atoms with Crippen LogP contribution in [0, 0.1) is 12.3 Å². The van der Waals surface area contributed by atoms with Crippen molar-refractivity contribution in [2.75, 3.05) is 0 Å². The summed E-state index contributed by atoms with van der Waals surface area (Å²) in [5.74, 6) is 2.31. The van der Waals surface area contributed by atoms with Crippen LogP contribution in [0.15, 0.2) is 5.38 Å². The largest absolute Gasteiger partial charge is 0.292 e. The lowest BCUT2D eigenvalue weighted by Gasteiger charge is -1.79. The molecule has 1 aromatic heterocycles. The van der Waals surface area contributed by atoms with Crippen LogP contribution >= 0.6 is 11.3 Å². The van der Waals surface area contributed by atoms with Gasteiger partial charge in [-0.15, -0.1) is 17.8 Å². The van der Waals surface area contributed by atoms with E-state index in [1.54, 1.807) is 5.38 Å². The fourth-order valence-electron chi connectivity index (χ4n) is 0.502. The molecule has 3 heteroatoms. The number of Topliss-reactive ketones (excluding diaryl/α,β-unsaturated/α-hetero) is 1. The number of rotatable bonds is 1. The lowest BCUT2D eigenvalue weighted by molar-refractivity contribution is 0.101. The number of nitrogens with zero attached hydrogens (tertiary/aromatic N) is 1. The molecule has 0 unspecified atom stereocenters. The summed E-state index contributed by atoms with van der Waals surface area (Å²) >= 11 is 1.28. The first kappa shape index (κ1) is 6.97. The van der Waals surface area contributed by atoms with Gasteiger partial charge in [-0.2, -0.15) is 0 Å². The van der Waals surface area contributed by atoms with Crippen molar-refractivity contribution in [3.63, 3.8) is 0 Å². The first-order valence-electron chi connectivity index (χ1n) is 2.67. The van der Waals surface area contributed by atoms with Crippen LogP contribution in [-0.2, 0) is 0 Å². The fraction of sp³-hybridized carbons (Fsp3) is 0.143. The number of aromatic nitrogens is 1. The van der Waals surface area contributed by atoms with Crippen LogP contribution in [0.3, 0.4) is 0 Å². The van der Waals surface area contributed by atoms with Gasteiger partial charge in [0.2, 0.25) is 0 Å². The Morgan fingerprint density at radius 1 is 1.90 bits per heavy atom. The van der Waals surface area contributed by atoms with Crippen LogP contribution in [-0.4, -0.2) is 10.8 Å². The first-order chi connectivity index (χ1) is 4.74. The second kappa shape index (κ2) is 2.63. The molecular weight excluding hydrogens is 146 g/mol. The molecule has 0 aliphatic carbocycles. The maximum atomic E-state index is 10.7. The van der Waals surface area contributed by atoms with E-state index in [0.717, 1.165) is 0 Å². The molecule has 0 atom stereocenters. The van der Waals surface area contributed by atoms with Crippen LogP contribution in [0.2, 0.25) is 0 Å². The van der Waals surface area contributed by atoms with E-state index < -0.39 is 0 Å². The molecule has 0 saturated carbocycles. The van der Waals surface area contributed by atoms with Crippen molar-refractivity contribution < 1.29 is 4.79 Å². The maximum Gasteiger partial charge on any atom is 0.188 e. The molecule has 1 heterocycles. The van der Waals surface area contributed by atoms with Crippen molar-refractivity contribution in [3.8, 4) is 12.3 Å². The van der Waals surface area contributed by atoms with Gasteiger partial charge in [-0.25, -0.2) is 4.98 Å². The van der Waals surface area contributed by atoms with Crippen LogP contribution < -0.4 is 0 Å². The lowest BCUT2D eigenvalue weighted by atomic mass is 10.4. The van der Waals surface area contributed by atoms with Gasteiger partial charge in [-0.1, -0.05) is 0 Å². The summed E-state index contributed by atoms with van der Waals surface area (Å²) in [6, 6.07) is 0. The number of ketones is 1. The van der Waals surface area contributed by atoms with Gasteiger partial charge in [0.05, 0.1) is 0 Å². The SMILES string of the molecule is C#Cc1csc(C(C)=O)n1. The molecule has 0 N–H and O–H groups in total. The minimum atomic E-state index is -0.0356. The highest BCUT2D eigenvalue weighted by Crippen LogP contribution is 2.08. The first-order valence-corrected chi connectivity index (χ1v) is 3.55. The number of terminal acetylenes is 1. The van der Waals surface area contributed by atoms with E-state index in [0.29, 0.717) is 10.7 Å². The van der Waals surface area contributed by atoms with Crippen molar-refractivity contribution >= 4 is 17.1 Å². The topological polar surface area (TPSA) is 30.0 Å². The molecule has 0 fully saturated rings. The number of hydrogen-bond donors (Lipinski definition) is 0. The Bertz CT molecular complexity index is 295. The lowest BCUT2D eigenvalue weighted by Crippen LogP contribution is -1.89. The zero-order valence-electron chi connectivity index (χ0n) is 5.42. The Morgan fingerprint density at radius 2 is 2.60 bits per heavy atom. The molecule has 1 aromatic rings. The number of thiazole rings is 1.